The summed E-state index contributed by atoms with van der Waals surface area (Å²) >= 11 is 0. The lowest BCUT2D eigenvalue weighted by molar-refractivity contribution is 0.418. The second-order valence-corrected chi connectivity index (χ2v) is 2.25. The van der Waals surface area contributed by atoms with Crippen LogP contribution in [0, 0.1) is 5.92 Å². The predicted molar refractivity (Wildman–Crippen MR) is 35.8 cm³/mol. The van der Waals surface area contributed by atoms with E-state index in [0.29, 0.717) is 0 Å². The Morgan fingerprint density at radius 3 is 2.75 bits per heavy atom. The molecule has 1 heteroatoms. The van der Waals surface area contributed by atoms with Gasteiger partial charge in [-0.1, -0.05) is 19.1 Å². The summed E-state index contributed by atoms with van der Waals surface area (Å²) < 4.78 is 0. The fourth-order valence-corrected chi connectivity index (χ4v) is 0.776. The Hall–Kier alpha value is -0.300. The van der Waals surface area contributed by atoms with Gasteiger partial charge in [0, 0.05) is 19.0 Å². The van der Waals surface area contributed by atoms with E-state index in [1.165, 1.54) is 19.5 Å². The van der Waals surface area contributed by atoms with Crippen molar-refractivity contribution >= 4 is 0 Å². The predicted octanol–water partition coefficient (Wildman–Crippen LogP) is 1.17. The van der Waals surface area contributed by atoms with Crippen molar-refractivity contribution in [3.63, 3.8) is 0 Å². The molecule has 1 rings (SSSR count). The van der Waals surface area contributed by atoms with E-state index in [-0.39, 0.29) is 0 Å². The Morgan fingerprint density at radius 2 is 2.38 bits per heavy atom. The van der Waals surface area contributed by atoms with Crippen molar-refractivity contribution in [3.05, 3.63) is 12.2 Å². The second kappa shape index (κ2) is 2.88. The summed E-state index contributed by atoms with van der Waals surface area (Å²) in [6, 6.07) is 0. The summed E-state index contributed by atoms with van der Waals surface area (Å²) in [6.07, 6.45) is 5.72. The molecule has 1 nitrogen and oxygen atoms in total. The van der Waals surface area contributed by atoms with E-state index >= 15 is 0 Å². The minimum absolute atomic E-state index is 0.843. The van der Waals surface area contributed by atoms with Crippen LogP contribution in [0.1, 0.15) is 13.3 Å². The number of nitrogens with one attached hydrogen (secondary N) is 1. The molecule has 0 unspecified atom stereocenters. The van der Waals surface area contributed by atoms with Crippen LogP contribution in [0.25, 0.3) is 0 Å². The van der Waals surface area contributed by atoms with Gasteiger partial charge in [-0.15, -0.1) is 0 Å². The SMILES string of the molecule is CC/C=C\C1CNC1. The molecular formula is C7H13N. The van der Waals surface area contributed by atoms with Crippen LogP contribution < -0.4 is 5.32 Å². The average Bonchev–Trinajstić information content (AvgIpc) is 1.63. The quantitative estimate of drug-likeness (QED) is 0.527. The lowest BCUT2D eigenvalue weighted by Gasteiger charge is -2.23. The zero-order chi connectivity index (χ0) is 5.82. The van der Waals surface area contributed by atoms with Crippen molar-refractivity contribution in [2.75, 3.05) is 13.1 Å². The van der Waals surface area contributed by atoms with Crippen molar-refractivity contribution in [1.29, 1.82) is 0 Å². The highest BCUT2D eigenvalue weighted by molar-refractivity contribution is 4.94. The van der Waals surface area contributed by atoms with E-state index in [4.69, 9.17) is 0 Å². The first kappa shape index (κ1) is 5.83. The van der Waals surface area contributed by atoms with Gasteiger partial charge in [-0.25, -0.2) is 0 Å². The molecule has 0 aromatic rings. The molecule has 0 radical (unpaired) electrons. The van der Waals surface area contributed by atoms with Crippen LogP contribution >= 0.6 is 0 Å². The van der Waals surface area contributed by atoms with Crippen molar-refractivity contribution in [2.24, 2.45) is 5.92 Å². The Morgan fingerprint density at radius 1 is 1.62 bits per heavy atom. The molecular weight excluding hydrogens is 98.1 g/mol. The number of allylic oxidation sites excluding steroid dienone is 1. The van der Waals surface area contributed by atoms with Gasteiger partial charge in [0.1, 0.15) is 0 Å². The van der Waals surface area contributed by atoms with Gasteiger partial charge in [-0.05, 0) is 6.42 Å². The van der Waals surface area contributed by atoms with Gasteiger partial charge in [-0.2, -0.15) is 0 Å². The normalized spacial score (nSPS) is 21.6. The first-order chi connectivity index (χ1) is 3.93. The topological polar surface area (TPSA) is 12.0 Å². The molecule has 0 aromatic heterocycles. The van der Waals surface area contributed by atoms with Gasteiger partial charge in [0.25, 0.3) is 0 Å². The van der Waals surface area contributed by atoms with Gasteiger partial charge in [0.2, 0.25) is 0 Å². The first-order valence-corrected chi connectivity index (χ1v) is 3.31. The lowest BCUT2D eigenvalue weighted by atomic mass is 10.0. The lowest BCUT2D eigenvalue weighted by Crippen LogP contribution is -2.40. The number of hydrogen-bond donors (Lipinski definition) is 1. The van der Waals surface area contributed by atoms with Gasteiger partial charge in [0.05, 0.1) is 0 Å². The smallest absolute Gasteiger partial charge is 0.00266 e. The van der Waals surface area contributed by atoms with Crippen LogP contribution in [0.5, 0.6) is 0 Å². The minimum atomic E-state index is 0.843. The summed E-state index contributed by atoms with van der Waals surface area (Å²) in [5.41, 5.74) is 0. The third-order valence-electron chi connectivity index (χ3n) is 1.46. The minimum Gasteiger partial charge on any atom is -0.315 e. The van der Waals surface area contributed by atoms with Gasteiger partial charge < -0.3 is 5.32 Å². The molecule has 0 aliphatic carbocycles. The van der Waals surface area contributed by atoms with Crippen LogP contribution in [0.4, 0.5) is 0 Å². The highest BCUT2D eigenvalue weighted by Gasteiger charge is 2.11. The maximum absolute atomic E-state index is 3.22. The van der Waals surface area contributed by atoms with Gasteiger partial charge >= 0.3 is 0 Å². The molecule has 46 valence electrons. The van der Waals surface area contributed by atoms with E-state index in [9.17, 15) is 0 Å². The fourth-order valence-electron chi connectivity index (χ4n) is 0.776. The average molecular weight is 111 g/mol. The maximum Gasteiger partial charge on any atom is 0.00266 e. The molecule has 0 amide bonds. The van der Waals surface area contributed by atoms with E-state index in [0.717, 1.165) is 5.92 Å². The van der Waals surface area contributed by atoms with Crippen molar-refractivity contribution < 1.29 is 0 Å². The summed E-state index contributed by atoms with van der Waals surface area (Å²) in [7, 11) is 0. The highest BCUT2D eigenvalue weighted by Crippen LogP contribution is 2.03. The van der Waals surface area contributed by atoms with Crippen molar-refractivity contribution in [1.82, 2.24) is 5.32 Å². The van der Waals surface area contributed by atoms with E-state index in [2.05, 4.69) is 24.4 Å². The van der Waals surface area contributed by atoms with Crippen LogP contribution in [-0.2, 0) is 0 Å². The highest BCUT2D eigenvalue weighted by atomic mass is 14.9. The maximum atomic E-state index is 3.22. The Labute approximate surface area is 50.8 Å². The number of rotatable bonds is 2. The molecule has 0 bridgehead atoms. The third-order valence-corrected chi connectivity index (χ3v) is 1.46. The van der Waals surface area contributed by atoms with Gasteiger partial charge in [0.15, 0.2) is 0 Å². The molecule has 0 spiro atoms. The van der Waals surface area contributed by atoms with Crippen LogP contribution in [0.2, 0.25) is 0 Å². The van der Waals surface area contributed by atoms with E-state index in [1.54, 1.807) is 0 Å². The van der Waals surface area contributed by atoms with Crippen LogP contribution in [-0.4, -0.2) is 13.1 Å². The summed E-state index contributed by atoms with van der Waals surface area (Å²) in [6.45, 7) is 4.55. The van der Waals surface area contributed by atoms with Crippen molar-refractivity contribution in [2.45, 2.75) is 13.3 Å². The molecule has 0 aromatic carbocycles. The Kier molecular flexibility index (Phi) is 2.10. The second-order valence-electron chi connectivity index (χ2n) is 2.25. The van der Waals surface area contributed by atoms with Crippen molar-refractivity contribution in [3.8, 4) is 0 Å². The summed E-state index contributed by atoms with van der Waals surface area (Å²) in [5, 5.41) is 3.22. The van der Waals surface area contributed by atoms with Gasteiger partial charge in [-0.3, -0.25) is 0 Å². The standard InChI is InChI=1S/C7H13N/c1-2-3-4-7-5-8-6-7/h3-4,7-8H,2,5-6H2,1H3/b4-3-. The molecule has 1 aliphatic heterocycles. The first-order valence-electron chi connectivity index (χ1n) is 3.31. The largest absolute Gasteiger partial charge is 0.315 e. The molecule has 1 fully saturated rings. The van der Waals surface area contributed by atoms with Crippen LogP contribution in [0.15, 0.2) is 12.2 Å². The third kappa shape index (κ3) is 1.34. The zero-order valence-electron chi connectivity index (χ0n) is 5.35. The van der Waals surface area contributed by atoms with Crippen LogP contribution in [0.3, 0.4) is 0 Å². The summed E-state index contributed by atoms with van der Waals surface area (Å²) in [5.74, 6) is 0.843. The molecule has 8 heavy (non-hydrogen) atoms. The molecule has 1 saturated heterocycles. The molecule has 1 aliphatic rings. The van der Waals surface area contributed by atoms with E-state index in [1.807, 2.05) is 0 Å². The number of hydrogen-bond acceptors (Lipinski definition) is 1. The molecule has 1 N–H and O–H groups in total. The molecule has 0 saturated carbocycles. The Balaban J connectivity index is 2.08. The monoisotopic (exact) mass is 111 g/mol. The van der Waals surface area contributed by atoms with E-state index < -0.39 is 0 Å². The Bertz CT molecular complexity index is 82.4. The molecule has 0 atom stereocenters. The summed E-state index contributed by atoms with van der Waals surface area (Å²) in [4.78, 5) is 0. The fraction of sp³-hybridized carbons (Fsp3) is 0.714. The molecule has 1 heterocycles. The zero-order valence-corrected chi connectivity index (χ0v) is 5.35.